The van der Waals surface area contributed by atoms with E-state index < -0.39 is 0 Å². The van der Waals surface area contributed by atoms with E-state index in [0.717, 1.165) is 35.8 Å². The number of carbonyl (C=O) groups excluding carboxylic acids is 1. The highest BCUT2D eigenvalue weighted by Crippen LogP contribution is 2.21. The molecular weight excluding hydrogens is 402 g/mol. The fourth-order valence-electron chi connectivity index (χ4n) is 4.40. The Morgan fingerprint density at radius 3 is 2.66 bits per heavy atom. The van der Waals surface area contributed by atoms with Crippen LogP contribution in [0.5, 0.6) is 0 Å². The first-order valence-corrected chi connectivity index (χ1v) is 11.0. The van der Waals surface area contributed by atoms with E-state index in [1.807, 2.05) is 48.5 Å². The predicted molar refractivity (Wildman–Crippen MR) is 124 cm³/mol. The number of amides is 1. The molecule has 1 amide bonds. The minimum atomic E-state index is -0.191. The van der Waals surface area contributed by atoms with E-state index in [1.165, 1.54) is 0 Å². The van der Waals surface area contributed by atoms with Crippen LogP contribution in [0.3, 0.4) is 0 Å². The average Bonchev–Trinajstić information content (AvgIpc) is 3.32. The van der Waals surface area contributed by atoms with E-state index in [4.69, 9.17) is 4.74 Å². The number of nitrogens with one attached hydrogen (secondary N) is 1. The van der Waals surface area contributed by atoms with Crippen LogP contribution in [-0.4, -0.2) is 40.0 Å². The van der Waals surface area contributed by atoms with Gasteiger partial charge in [0.15, 0.2) is 0 Å². The Bertz CT molecular complexity index is 1320. The largest absolute Gasteiger partial charge is 0.376 e. The number of aromatic amines is 1. The molecule has 5 rings (SSSR count). The third-order valence-electron chi connectivity index (χ3n) is 6.02. The lowest BCUT2D eigenvalue weighted by Gasteiger charge is -2.25. The molecule has 1 atom stereocenters. The van der Waals surface area contributed by atoms with E-state index >= 15 is 0 Å². The number of fused-ring (bicyclic) bond motifs is 2. The minimum Gasteiger partial charge on any atom is -0.376 e. The zero-order valence-electron chi connectivity index (χ0n) is 17.8. The van der Waals surface area contributed by atoms with Crippen molar-refractivity contribution in [2.75, 3.05) is 13.2 Å². The smallest absolute Gasteiger partial charge is 0.258 e. The van der Waals surface area contributed by atoms with Gasteiger partial charge >= 0.3 is 0 Å². The predicted octanol–water partition coefficient (Wildman–Crippen LogP) is 3.83. The summed E-state index contributed by atoms with van der Waals surface area (Å²) < 4.78 is 5.80. The van der Waals surface area contributed by atoms with E-state index in [9.17, 15) is 9.59 Å². The number of rotatable bonds is 6. The van der Waals surface area contributed by atoms with Crippen LogP contribution >= 0.6 is 0 Å². The first kappa shape index (κ1) is 20.4. The highest BCUT2D eigenvalue weighted by molar-refractivity contribution is 5.90. The van der Waals surface area contributed by atoms with Crippen LogP contribution < -0.4 is 5.56 Å². The highest BCUT2D eigenvalue weighted by Gasteiger charge is 2.24. The summed E-state index contributed by atoms with van der Waals surface area (Å²) in [5, 5.41) is 2.74. The molecule has 0 saturated carbocycles. The number of ether oxygens (including phenoxy) is 1. The van der Waals surface area contributed by atoms with Crippen LogP contribution in [0.2, 0.25) is 0 Å². The quantitative estimate of drug-likeness (QED) is 0.508. The maximum absolute atomic E-state index is 13.4. The molecule has 0 aliphatic carbocycles. The molecule has 2 heterocycles. The van der Waals surface area contributed by atoms with E-state index in [1.54, 1.807) is 11.0 Å². The maximum atomic E-state index is 13.4. The van der Waals surface area contributed by atoms with Crippen molar-refractivity contribution in [3.63, 3.8) is 0 Å². The summed E-state index contributed by atoms with van der Waals surface area (Å²) in [6.07, 6.45) is 2.23. The van der Waals surface area contributed by atoms with Crippen LogP contribution in [0.4, 0.5) is 0 Å². The van der Waals surface area contributed by atoms with Crippen LogP contribution in [-0.2, 0) is 22.5 Å². The SMILES string of the molecule is O=C(Cc1cccc2ccccc12)N(Cc1nc2ccccc2c(=O)[nH]1)C[C@H]1CCCO1. The van der Waals surface area contributed by atoms with Crippen LogP contribution in [0.15, 0.2) is 71.5 Å². The van der Waals surface area contributed by atoms with Crippen molar-refractivity contribution >= 4 is 27.6 Å². The second-order valence-electron chi connectivity index (χ2n) is 8.25. The molecule has 0 unspecified atom stereocenters. The van der Waals surface area contributed by atoms with Gasteiger partial charge in [0, 0.05) is 13.2 Å². The number of aromatic nitrogens is 2. The summed E-state index contributed by atoms with van der Waals surface area (Å²) in [4.78, 5) is 35.2. The monoisotopic (exact) mass is 427 g/mol. The van der Waals surface area contributed by atoms with Gasteiger partial charge in [-0.05, 0) is 41.3 Å². The van der Waals surface area contributed by atoms with Crippen LogP contribution in [0.1, 0.15) is 24.2 Å². The van der Waals surface area contributed by atoms with Gasteiger partial charge in [-0.1, -0.05) is 54.6 Å². The number of H-pyrrole nitrogens is 1. The standard InChI is InChI=1S/C26H25N3O3/c30-25(15-19-9-5-8-18-7-1-2-11-21(18)19)29(16-20-10-6-14-32-20)17-24-27-23-13-4-3-12-22(23)26(31)28-24/h1-5,7-9,11-13,20H,6,10,14-17H2,(H,27,28,31)/t20-/m1/s1. The molecule has 0 spiro atoms. The highest BCUT2D eigenvalue weighted by atomic mass is 16.5. The first-order valence-electron chi connectivity index (χ1n) is 11.0. The van der Waals surface area contributed by atoms with Crippen molar-refractivity contribution in [1.29, 1.82) is 0 Å². The van der Waals surface area contributed by atoms with Gasteiger partial charge in [-0.3, -0.25) is 9.59 Å². The van der Waals surface area contributed by atoms with E-state index in [0.29, 0.717) is 23.3 Å². The van der Waals surface area contributed by atoms with Gasteiger partial charge < -0.3 is 14.6 Å². The van der Waals surface area contributed by atoms with Gasteiger partial charge in [0.1, 0.15) is 5.82 Å². The Labute approximate surface area is 185 Å². The van der Waals surface area contributed by atoms with Crippen molar-refractivity contribution in [2.45, 2.75) is 31.9 Å². The summed E-state index contributed by atoms with van der Waals surface area (Å²) in [5.74, 6) is 0.477. The molecule has 1 aromatic heterocycles. The number of nitrogens with zero attached hydrogens (tertiary/aromatic N) is 2. The second-order valence-corrected chi connectivity index (χ2v) is 8.25. The lowest BCUT2D eigenvalue weighted by Crippen LogP contribution is -2.38. The lowest BCUT2D eigenvalue weighted by molar-refractivity contribution is -0.132. The lowest BCUT2D eigenvalue weighted by atomic mass is 10.0. The van der Waals surface area contributed by atoms with Crippen LogP contribution in [0.25, 0.3) is 21.7 Å². The van der Waals surface area contributed by atoms with E-state index in [2.05, 4.69) is 22.1 Å². The third-order valence-corrected chi connectivity index (χ3v) is 6.02. The van der Waals surface area contributed by atoms with Gasteiger partial charge in [0.05, 0.1) is 30.0 Å². The van der Waals surface area contributed by atoms with Gasteiger partial charge in [-0.25, -0.2) is 4.98 Å². The molecule has 6 nitrogen and oxygen atoms in total. The Morgan fingerprint density at radius 2 is 1.81 bits per heavy atom. The molecule has 0 bridgehead atoms. The molecule has 1 aliphatic heterocycles. The minimum absolute atomic E-state index is 0.00680. The van der Waals surface area contributed by atoms with Crippen molar-refractivity contribution in [3.05, 3.63) is 88.5 Å². The van der Waals surface area contributed by atoms with Crippen molar-refractivity contribution in [3.8, 4) is 0 Å². The summed E-state index contributed by atoms with van der Waals surface area (Å²) >= 11 is 0. The van der Waals surface area contributed by atoms with Crippen molar-refractivity contribution in [1.82, 2.24) is 14.9 Å². The Kier molecular flexibility index (Phi) is 5.69. The summed E-state index contributed by atoms with van der Waals surface area (Å²) in [6, 6.07) is 21.4. The molecule has 6 heteroatoms. The summed E-state index contributed by atoms with van der Waals surface area (Å²) in [5.41, 5.74) is 1.43. The third kappa shape index (κ3) is 4.27. The number of benzene rings is 3. The molecule has 162 valence electrons. The Morgan fingerprint density at radius 1 is 1.03 bits per heavy atom. The van der Waals surface area contributed by atoms with Gasteiger partial charge in [-0.15, -0.1) is 0 Å². The molecule has 0 radical (unpaired) electrons. The topological polar surface area (TPSA) is 75.3 Å². The Hall–Kier alpha value is -3.51. The summed E-state index contributed by atoms with van der Waals surface area (Å²) in [6.45, 7) is 1.45. The molecule has 1 aliphatic rings. The molecule has 1 N–H and O–H groups in total. The van der Waals surface area contributed by atoms with Gasteiger partial charge in [-0.2, -0.15) is 0 Å². The number of para-hydroxylation sites is 1. The number of hydrogen-bond donors (Lipinski definition) is 1. The fraction of sp³-hybridized carbons (Fsp3) is 0.269. The number of hydrogen-bond acceptors (Lipinski definition) is 4. The zero-order chi connectivity index (χ0) is 21.9. The number of carbonyl (C=O) groups is 1. The maximum Gasteiger partial charge on any atom is 0.258 e. The summed E-state index contributed by atoms with van der Waals surface area (Å²) in [7, 11) is 0. The van der Waals surface area contributed by atoms with Crippen molar-refractivity contribution < 1.29 is 9.53 Å². The molecule has 3 aromatic carbocycles. The molecular formula is C26H25N3O3. The molecule has 1 fully saturated rings. The van der Waals surface area contributed by atoms with E-state index in [-0.39, 0.29) is 30.5 Å². The fourth-order valence-corrected chi connectivity index (χ4v) is 4.40. The molecule has 32 heavy (non-hydrogen) atoms. The first-order chi connectivity index (χ1) is 15.7. The van der Waals surface area contributed by atoms with Crippen molar-refractivity contribution in [2.24, 2.45) is 0 Å². The Balaban J connectivity index is 1.44. The van der Waals surface area contributed by atoms with Crippen LogP contribution in [0, 0.1) is 0 Å². The normalized spacial score (nSPS) is 15.9. The molecule has 4 aromatic rings. The zero-order valence-corrected chi connectivity index (χ0v) is 17.8. The second kappa shape index (κ2) is 8.93. The molecule has 1 saturated heterocycles. The average molecular weight is 428 g/mol. The van der Waals surface area contributed by atoms with Gasteiger partial charge in [0.2, 0.25) is 5.91 Å². The van der Waals surface area contributed by atoms with Gasteiger partial charge in [0.25, 0.3) is 5.56 Å².